The highest BCUT2D eigenvalue weighted by Gasteiger charge is 2.43. The normalized spacial score (nSPS) is 28.0. The summed E-state index contributed by atoms with van der Waals surface area (Å²) in [6.45, 7) is 12.1. The van der Waals surface area contributed by atoms with Gasteiger partial charge in [0.05, 0.1) is 37.5 Å². The van der Waals surface area contributed by atoms with Crippen molar-refractivity contribution in [2.75, 3.05) is 40.4 Å². The molecule has 14 heteroatoms. The van der Waals surface area contributed by atoms with Gasteiger partial charge in [-0.15, -0.1) is 13.2 Å². The van der Waals surface area contributed by atoms with E-state index >= 15 is 0 Å². The van der Waals surface area contributed by atoms with E-state index in [1.54, 1.807) is 26.6 Å². The largest absolute Gasteiger partial charge is 0.497 e. The third kappa shape index (κ3) is 9.09. The molecule has 2 aromatic heterocycles. The Morgan fingerprint density at radius 3 is 1.44 bits per heavy atom. The zero-order chi connectivity index (χ0) is 37.9. The van der Waals surface area contributed by atoms with Crippen LogP contribution in [-0.2, 0) is 10.4 Å². The minimum Gasteiger partial charge on any atom is -0.497 e. The van der Waals surface area contributed by atoms with Gasteiger partial charge in [-0.2, -0.15) is 8.42 Å². The fourth-order valence-electron chi connectivity index (χ4n) is 8.89. The Morgan fingerprint density at radius 1 is 0.741 bits per heavy atom. The van der Waals surface area contributed by atoms with Gasteiger partial charge < -0.3 is 25.2 Å². The molecule has 0 amide bonds. The number of hydrogen-bond donors (Lipinski definition) is 4. The van der Waals surface area contributed by atoms with E-state index in [0.29, 0.717) is 23.7 Å². The number of methoxy groups -OCH3 is 2. The van der Waals surface area contributed by atoms with Crippen LogP contribution in [0.15, 0.2) is 86.2 Å². The second-order valence-corrected chi connectivity index (χ2v) is 15.3. The van der Waals surface area contributed by atoms with Crippen LogP contribution >= 0.6 is 0 Å². The van der Waals surface area contributed by atoms with Crippen molar-refractivity contribution in [3.05, 3.63) is 97.4 Å². The molecule has 292 valence electrons. The molecule has 6 N–H and O–H groups in total. The Hall–Kier alpha value is -3.99. The van der Waals surface area contributed by atoms with Gasteiger partial charge in [0.2, 0.25) is 0 Å². The van der Waals surface area contributed by atoms with Gasteiger partial charge in [0.15, 0.2) is 0 Å². The standard InChI is InChI=1S/2C20H24N2O2.H2O4S.H2O/c2*1-3-13-12-22-9-7-14(13)10-19(22)20(23)16-6-8-21-18-5-4-15(24-2)11-17(16)18;1-5(2,3)4;/h2*3-6,8,11,13-14,19-20,23H,1,7,9-10,12H2,2H3;(H2,1,2,3,4);1H2/t2*13-,14?,19-,20-;;/m11../s1. The van der Waals surface area contributed by atoms with E-state index in [0.717, 1.165) is 83.5 Å². The number of aliphatic hydroxyl groups is 2. The van der Waals surface area contributed by atoms with Crippen LogP contribution in [0.5, 0.6) is 11.5 Å². The minimum atomic E-state index is -4.67. The predicted molar refractivity (Wildman–Crippen MR) is 208 cm³/mol. The van der Waals surface area contributed by atoms with Crippen LogP contribution in [0.25, 0.3) is 21.8 Å². The number of aliphatic hydroxyl groups excluding tert-OH is 2. The number of rotatable bonds is 8. The van der Waals surface area contributed by atoms with E-state index in [4.69, 9.17) is 27.0 Å². The van der Waals surface area contributed by atoms with E-state index in [-0.39, 0.29) is 17.6 Å². The van der Waals surface area contributed by atoms with Crippen LogP contribution in [-0.4, -0.2) is 105 Å². The van der Waals surface area contributed by atoms with Crippen LogP contribution in [0.3, 0.4) is 0 Å². The summed E-state index contributed by atoms with van der Waals surface area (Å²) in [7, 11) is -1.34. The number of hydrogen-bond acceptors (Lipinski definition) is 10. The van der Waals surface area contributed by atoms with Crippen molar-refractivity contribution < 1.29 is 42.7 Å². The summed E-state index contributed by atoms with van der Waals surface area (Å²) in [4.78, 5) is 13.7. The molecule has 0 saturated carbocycles. The summed E-state index contributed by atoms with van der Waals surface area (Å²) < 4.78 is 42.3. The Kier molecular flexibility index (Phi) is 13.5. The summed E-state index contributed by atoms with van der Waals surface area (Å²) in [5.74, 6) is 4.01. The number of benzene rings is 2. The van der Waals surface area contributed by atoms with Gasteiger partial charge in [0, 0.05) is 48.3 Å². The van der Waals surface area contributed by atoms with Gasteiger partial charge >= 0.3 is 10.4 Å². The van der Waals surface area contributed by atoms with Crippen molar-refractivity contribution in [3.63, 3.8) is 0 Å². The molecule has 4 bridgehead atoms. The van der Waals surface area contributed by atoms with Gasteiger partial charge in [-0.25, -0.2) is 0 Å². The highest BCUT2D eigenvalue weighted by molar-refractivity contribution is 7.79. The molecule has 0 spiro atoms. The molecule has 54 heavy (non-hydrogen) atoms. The molecule has 6 aliphatic rings. The molecule has 0 aliphatic carbocycles. The van der Waals surface area contributed by atoms with Gasteiger partial charge in [0.25, 0.3) is 0 Å². The quantitative estimate of drug-likeness (QED) is 0.141. The van der Waals surface area contributed by atoms with Crippen LogP contribution in [0, 0.1) is 23.7 Å². The van der Waals surface area contributed by atoms with Crippen molar-refractivity contribution in [1.82, 2.24) is 19.8 Å². The zero-order valence-electron chi connectivity index (χ0n) is 30.7. The average molecular weight is 765 g/mol. The summed E-state index contributed by atoms with van der Waals surface area (Å²) in [6, 6.07) is 15.9. The lowest BCUT2D eigenvalue weighted by molar-refractivity contribution is -0.0445. The Balaban J connectivity index is 0.000000182. The molecular formula is C40H52N4O9S. The van der Waals surface area contributed by atoms with Gasteiger partial charge in [-0.05, 0) is 122 Å². The van der Waals surface area contributed by atoms with Gasteiger partial charge in [0.1, 0.15) is 11.5 Å². The fraction of sp³-hybridized carbons (Fsp3) is 0.450. The summed E-state index contributed by atoms with van der Waals surface area (Å²) >= 11 is 0. The molecule has 4 aromatic rings. The number of nitrogens with zero attached hydrogens (tertiary/aromatic N) is 4. The van der Waals surface area contributed by atoms with Crippen LogP contribution in [0.1, 0.15) is 49.0 Å². The fourth-order valence-corrected chi connectivity index (χ4v) is 8.89. The maximum absolute atomic E-state index is 11.2. The SMILES string of the molecule is C=C[C@@H]1CN2CCC1C[C@@H]2[C@H](O)c1ccnc2ccc(OC)cc12.C=C[C@@H]1CN2CCC1C[C@@H]2[C@H](O)c1ccnc2ccc(OC)cc12.O.O=S(=O)(O)O. The monoisotopic (exact) mass is 764 g/mol. The van der Waals surface area contributed by atoms with E-state index < -0.39 is 22.6 Å². The third-order valence-electron chi connectivity index (χ3n) is 11.6. The van der Waals surface area contributed by atoms with E-state index in [2.05, 4.69) is 45.1 Å². The first-order valence-electron chi connectivity index (χ1n) is 18.1. The first-order valence-corrected chi connectivity index (χ1v) is 19.5. The molecule has 4 unspecified atom stereocenters. The van der Waals surface area contributed by atoms with Crippen molar-refractivity contribution in [2.24, 2.45) is 23.7 Å². The number of fused-ring (bicyclic) bond motifs is 8. The van der Waals surface area contributed by atoms with Crippen LogP contribution in [0.2, 0.25) is 0 Å². The van der Waals surface area contributed by atoms with E-state index in [1.165, 1.54) is 12.8 Å². The third-order valence-corrected chi connectivity index (χ3v) is 11.6. The maximum atomic E-state index is 11.2. The maximum Gasteiger partial charge on any atom is 0.394 e. The van der Waals surface area contributed by atoms with Crippen molar-refractivity contribution in [1.29, 1.82) is 0 Å². The molecule has 6 fully saturated rings. The Morgan fingerprint density at radius 2 is 1.13 bits per heavy atom. The second kappa shape index (κ2) is 17.6. The lowest BCUT2D eigenvalue weighted by atomic mass is 9.73. The van der Waals surface area contributed by atoms with Gasteiger partial charge in [-0.3, -0.25) is 28.9 Å². The lowest BCUT2D eigenvalue weighted by Gasteiger charge is -2.50. The molecule has 2 aromatic carbocycles. The molecule has 13 nitrogen and oxygen atoms in total. The van der Waals surface area contributed by atoms with Crippen LogP contribution < -0.4 is 9.47 Å². The summed E-state index contributed by atoms with van der Waals surface area (Å²) in [5.41, 5.74) is 3.69. The summed E-state index contributed by atoms with van der Waals surface area (Å²) in [6.07, 6.45) is 11.2. The van der Waals surface area contributed by atoms with E-state index in [9.17, 15) is 10.2 Å². The Labute approximate surface area is 316 Å². The first kappa shape index (κ1) is 41.2. The van der Waals surface area contributed by atoms with Gasteiger partial charge in [-0.1, -0.05) is 12.2 Å². The van der Waals surface area contributed by atoms with Crippen molar-refractivity contribution in [3.8, 4) is 11.5 Å². The zero-order valence-corrected chi connectivity index (χ0v) is 31.6. The molecule has 6 aliphatic heterocycles. The van der Waals surface area contributed by atoms with Crippen molar-refractivity contribution in [2.45, 2.75) is 50.0 Å². The Bertz CT molecular complexity index is 1890. The highest BCUT2D eigenvalue weighted by atomic mass is 32.3. The topological polar surface area (TPSA) is 197 Å². The second-order valence-electron chi connectivity index (χ2n) is 14.4. The first-order chi connectivity index (χ1) is 25.4. The molecule has 8 heterocycles. The lowest BCUT2D eigenvalue weighted by Crippen LogP contribution is -2.54. The minimum absolute atomic E-state index is 0. The predicted octanol–water partition coefficient (Wildman–Crippen LogP) is 4.87. The molecule has 6 saturated heterocycles. The van der Waals surface area contributed by atoms with E-state index in [1.807, 2.05) is 48.5 Å². The molecular weight excluding hydrogens is 713 g/mol. The number of pyridine rings is 2. The number of ether oxygens (including phenoxy) is 2. The average Bonchev–Trinajstić information content (AvgIpc) is 3.19. The number of aromatic nitrogens is 2. The molecule has 10 atom stereocenters. The molecule has 10 rings (SSSR count). The van der Waals surface area contributed by atoms with Crippen LogP contribution in [0.4, 0.5) is 0 Å². The highest BCUT2D eigenvalue weighted by Crippen LogP contribution is 2.43. The summed E-state index contributed by atoms with van der Waals surface area (Å²) in [5, 5.41) is 24.3. The smallest absolute Gasteiger partial charge is 0.394 e. The molecule has 0 radical (unpaired) electrons. The van der Waals surface area contributed by atoms with Crippen molar-refractivity contribution >= 4 is 32.2 Å². The number of piperidine rings is 6.